The van der Waals surface area contributed by atoms with Crippen molar-refractivity contribution in [2.75, 3.05) is 18.4 Å². The van der Waals surface area contributed by atoms with E-state index in [2.05, 4.69) is 36.0 Å². The van der Waals surface area contributed by atoms with Gasteiger partial charge in [0.1, 0.15) is 0 Å². The van der Waals surface area contributed by atoms with E-state index in [0.29, 0.717) is 5.54 Å². The van der Waals surface area contributed by atoms with Gasteiger partial charge in [-0.3, -0.25) is 4.90 Å². The van der Waals surface area contributed by atoms with Crippen LogP contribution in [-0.2, 0) is 6.54 Å². The van der Waals surface area contributed by atoms with E-state index in [-0.39, 0.29) is 0 Å². The fourth-order valence-corrected chi connectivity index (χ4v) is 3.19. The predicted octanol–water partition coefficient (Wildman–Crippen LogP) is 3.34. The number of rotatable bonds is 5. The van der Waals surface area contributed by atoms with E-state index in [9.17, 15) is 0 Å². The molecular weight excluding hydrogens is 230 g/mol. The molecule has 2 heterocycles. The standard InChI is InChI=1S/C13H23N3S/c1-4-7-14-12-15-9-11(17-12)10-16-8-5-6-13(16,2)3/h9H,4-8,10H2,1-3H3,(H,14,15). The van der Waals surface area contributed by atoms with E-state index in [0.717, 1.165) is 24.6 Å². The lowest BCUT2D eigenvalue weighted by Crippen LogP contribution is -2.37. The van der Waals surface area contributed by atoms with Gasteiger partial charge in [0.15, 0.2) is 5.13 Å². The van der Waals surface area contributed by atoms with Gasteiger partial charge in [-0.1, -0.05) is 6.92 Å². The molecule has 1 aromatic heterocycles. The maximum Gasteiger partial charge on any atom is 0.182 e. The molecule has 0 spiro atoms. The van der Waals surface area contributed by atoms with E-state index >= 15 is 0 Å². The van der Waals surface area contributed by atoms with E-state index in [1.165, 1.54) is 24.3 Å². The molecule has 2 rings (SSSR count). The topological polar surface area (TPSA) is 28.2 Å². The Balaban J connectivity index is 1.92. The number of hydrogen-bond acceptors (Lipinski definition) is 4. The molecule has 1 aromatic rings. The van der Waals surface area contributed by atoms with E-state index < -0.39 is 0 Å². The quantitative estimate of drug-likeness (QED) is 0.872. The van der Waals surface area contributed by atoms with Crippen LogP contribution in [0.15, 0.2) is 6.20 Å². The van der Waals surface area contributed by atoms with Crippen LogP contribution in [0.4, 0.5) is 5.13 Å². The Labute approximate surface area is 108 Å². The summed E-state index contributed by atoms with van der Waals surface area (Å²) in [6.45, 7) is 10.2. The average Bonchev–Trinajstić information content (AvgIpc) is 2.84. The smallest absolute Gasteiger partial charge is 0.182 e. The highest BCUT2D eigenvalue weighted by Gasteiger charge is 2.31. The minimum Gasteiger partial charge on any atom is -0.362 e. The molecule has 0 saturated carbocycles. The number of nitrogens with one attached hydrogen (secondary N) is 1. The van der Waals surface area contributed by atoms with Crippen LogP contribution >= 0.6 is 11.3 Å². The molecule has 1 aliphatic rings. The minimum atomic E-state index is 0.362. The first-order valence-electron chi connectivity index (χ1n) is 6.55. The number of anilines is 1. The molecule has 3 nitrogen and oxygen atoms in total. The van der Waals surface area contributed by atoms with Gasteiger partial charge in [-0.05, 0) is 39.7 Å². The lowest BCUT2D eigenvalue weighted by atomic mass is 10.0. The van der Waals surface area contributed by atoms with Gasteiger partial charge in [0.25, 0.3) is 0 Å². The van der Waals surface area contributed by atoms with Crippen molar-refractivity contribution in [3.63, 3.8) is 0 Å². The first-order chi connectivity index (χ1) is 8.12. The fraction of sp³-hybridized carbons (Fsp3) is 0.769. The Morgan fingerprint density at radius 1 is 1.53 bits per heavy atom. The molecule has 0 amide bonds. The highest BCUT2D eigenvalue weighted by atomic mass is 32.1. The summed E-state index contributed by atoms with van der Waals surface area (Å²) in [5, 5.41) is 4.42. The fourth-order valence-electron chi connectivity index (χ4n) is 2.34. The lowest BCUT2D eigenvalue weighted by molar-refractivity contribution is 0.168. The first kappa shape index (κ1) is 12.8. The Bertz CT molecular complexity index is 359. The second-order valence-electron chi connectivity index (χ2n) is 5.40. The van der Waals surface area contributed by atoms with E-state index in [1.54, 1.807) is 11.3 Å². The van der Waals surface area contributed by atoms with Crippen LogP contribution in [0.5, 0.6) is 0 Å². The SMILES string of the molecule is CCCNc1ncc(CN2CCCC2(C)C)s1. The zero-order valence-corrected chi connectivity index (χ0v) is 11.9. The number of hydrogen-bond donors (Lipinski definition) is 1. The summed E-state index contributed by atoms with van der Waals surface area (Å²) in [4.78, 5) is 8.37. The van der Waals surface area contributed by atoms with Crippen LogP contribution in [0.1, 0.15) is 44.9 Å². The van der Waals surface area contributed by atoms with Crippen molar-refractivity contribution in [1.82, 2.24) is 9.88 Å². The molecular formula is C13H23N3S. The maximum atomic E-state index is 4.42. The Morgan fingerprint density at radius 3 is 3.00 bits per heavy atom. The molecule has 0 bridgehead atoms. The van der Waals surface area contributed by atoms with Crippen molar-refractivity contribution in [1.29, 1.82) is 0 Å². The highest BCUT2D eigenvalue weighted by Crippen LogP contribution is 2.31. The third-order valence-corrected chi connectivity index (χ3v) is 4.44. The lowest BCUT2D eigenvalue weighted by Gasteiger charge is -2.30. The van der Waals surface area contributed by atoms with Crippen molar-refractivity contribution in [2.24, 2.45) is 0 Å². The molecule has 1 N–H and O–H groups in total. The average molecular weight is 253 g/mol. The van der Waals surface area contributed by atoms with Crippen molar-refractivity contribution >= 4 is 16.5 Å². The molecule has 1 fully saturated rings. The van der Waals surface area contributed by atoms with Crippen molar-refractivity contribution in [3.05, 3.63) is 11.1 Å². The molecule has 0 atom stereocenters. The van der Waals surface area contributed by atoms with Crippen molar-refractivity contribution in [3.8, 4) is 0 Å². The van der Waals surface area contributed by atoms with Gasteiger partial charge in [-0.2, -0.15) is 0 Å². The van der Waals surface area contributed by atoms with Crippen molar-refractivity contribution in [2.45, 2.75) is 52.1 Å². The number of aromatic nitrogens is 1. The van der Waals surface area contributed by atoms with Crippen LogP contribution in [0.3, 0.4) is 0 Å². The predicted molar refractivity (Wildman–Crippen MR) is 74.6 cm³/mol. The van der Waals surface area contributed by atoms with Crippen LogP contribution in [0.25, 0.3) is 0 Å². The molecule has 17 heavy (non-hydrogen) atoms. The maximum absolute atomic E-state index is 4.42. The second kappa shape index (κ2) is 5.36. The molecule has 0 aliphatic carbocycles. The summed E-state index contributed by atoms with van der Waals surface area (Å²) >= 11 is 1.80. The zero-order chi connectivity index (χ0) is 12.3. The van der Waals surface area contributed by atoms with Gasteiger partial charge in [-0.15, -0.1) is 11.3 Å². The molecule has 0 unspecified atom stereocenters. The minimum absolute atomic E-state index is 0.362. The van der Waals surface area contributed by atoms with Gasteiger partial charge >= 0.3 is 0 Å². The Kier molecular flexibility index (Phi) is 4.05. The Hall–Kier alpha value is -0.610. The molecule has 1 aliphatic heterocycles. The third kappa shape index (κ3) is 3.19. The summed E-state index contributed by atoms with van der Waals surface area (Å²) in [7, 11) is 0. The summed E-state index contributed by atoms with van der Waals surface area (Å²) in [6.07, 6.45) is 5.81. The number of thiazole rings is 1. The second-order valence-corrected chi connectivity index (χ2v) is 6.51. The van der Waals surface area contributed by atoms with Crippen LogP contribution in [0.2, 0.25) is 0 Å². The van der Waals surface area contributed by atoms with Gasteiger partial charge in [0, 0.05) is 29.7 Å². The largest absolute Gasteiger partial charge is 0.362 e. The van der Waals surface area contributed by atoms with E-state index in [1.807, 2.05) is 6.20 Å². The van der Waals surface area contributed by atoms with Crippen molar-refractivity contribution < 1.29 is 0 Å². The molecule has 96 valence electrons. The number of nitrogens with zero attached hydrogens (tertiary/aromatic N) is 2. The monoisotopic (exact) mass is 253 g/mol. The highest BCUT2D eigenvalue weighted by molar-refractivity contribution is 7.15. The summed E-state index contributed by atoms with van der Waals surface area (Å²) < 4.78 is 0. The summed E-state index contributed by atoms with van der Waals surface area (Å²) in [6, 6.07) is 0. The normalized spacial score (nSPS) is 19.7. The molecule has 4 heteroatoms. The Morgan fingerprint density at radius 2 is 2.35 bits per heavy atom. The molecule has 0 aromatic carbocycles. The van der Waals surface area contributed by atoms with Gasteiger partial charge < -0.3 is 5.32 Å². The van der Waals surface area contributed by atoms with Gasteiger partial charge in [0.2, 0.25) is 0 Å². The van der Waals surface area contributed by atoms with Gasteiger partial charge in [0.05, 0.1) is 0 Å². The zero-order valence-electron chi connectivity index (χ0n) is 11.1. The van der Waals surface area contributed by atoms with Gasteiger partial charge in [-0.25, -0.2) is 4.98 Å². The van der Waals surface area contributed by atoms with Crippen LogP contribution in [0, 0.1) is 0 Å². The molecule has 0 radical (unpaired) electrons. The summed E-state index contributed by atoms with van der Waals surface area (Å²) in [5.41, 5.74) is 0.362. The number of likely N-dealkylation sites (tertiary alicyclic amines) is 1. The molecule has 1 saturated heterocycles. The van der Waals surface area contributed by atoms with E-state index in [4.69, 9.17) is 0 Å². The van der Waals surface area contributed by atoms with Crippen LogP contribution < -0.4 is 5.32 Å². The third-order valence-electron chi connectivity index (χ3n) is 3.50. The summed E-state index contributed by atoms with van der Waals surface area (Å²) in [5.74, 6) is 0. The van der Waals surface area contributed by atoms with Crippen LogP contribution in [-0.4, -0.2) is 28.5 Å². The first-order valence-corrected chi connectivity index (χ1v) is 7.37.